The molecule has 1 aliphatic carbocycles. The van der Waals surface area contributed by atoms with Crippen LogP contribution in [0.4, 0.5) is 10.1 Å². The van der Waals surface area contributed by atoms with E-state index in [1.165, 1.54) is 18.9 Å². The first-order valence-electron chi connectivity index (χ1n) is 5.58. The van der Waals surface area contributed by atoms with E-state index in [9.17, 15) is 4.39 Å². The number of nitrogens with one attached hydrogen (secondary N) is 1. The van der Waals surface area contributed by atoms with Crippen molar-refractivity contribution >= 4 is 21.6 Å². The van der Waals surface area contributed by atoms with Gasteiger partial charge < -0.3 is 11.1 Å². The zero-order chi connectivity index (χ0) is 11.6. The molecule has 2 rings (SSSR count). The van der Waals surface area contributed by atoms with Gasteiger partial charge in [0.25, 0.3) is 0 Å². The van der Waals surface area contributed by atoms with Gasteiger partial charge in [-0.2, -0.15) is 0 Å². The van der Waals surface area contributed by atoms with Gasteiger partial charge in [0, 0.05) is 17.8 Å². The van der Waals surface area contributed by atoms with Crippen molar-refractivity contribution in [2.24, 2.45) is 5.73 Å². The topological polar surface area (TPSA) is 38.0 Å². The Kier molecular flexibility index (Phi) is 3.50. The molecule has 0 atom stereocenters. The standard InChI is InChI=1S/C12H16BrFN2/c13-10-7-9(3-4-11(10)14)16-12(8-15)5-1-2-6-12/h3-4,7,16H,1-2,5-6,8,15H2. The van der Waals surface area contributed by atoms with Crippen molar-refractivity contribution in [2.75, 3.05) is 11.9 Å². The van der Waals surface area contributed by atoms with Crippen molar-refractivity contribution in [1.29, 1.82) is 0 Å². The average Bonchev–Trinajstić information content (AvgIpc) is 2.73. The van der Waals surface area contributed by atoms with Crippen LogP contribution in [-0.4, -0.2) is 12.1 Å². The molecule has 0 bridgehead atoms. The molecule has 0 aliphatic heterocycles. The van der Waals surface area contributed by atoms with E-state index < -0.39 is 0 Å². The number of halogens is 2. The molecule has 0 spiro atoms. The summed E-state index contributed by atoms with van der Waals surface area (Å²) < 4.78 is 13.6. The van der Waals surface area contributed by atoms with Gasteiger partial charge in [0.2, 0.25) is 0 Å². The number of hydrogen-bond acceptors (Lipinski definition) is 2. The molecule has 0 radical (unpaired) electrons. The van der Waals surface area contributed by atoms with E-state index in [1.807, 2.05) is 0 Å². The predicted octanol–water partition coefficient (Wildman–Crippen LogP) is 3.27. The highest BCUT2D eigenvalue weighted by Gasteiger charge is 2.32. The Hall–Kier alpha value is -0.610. The summed E-state index contributed by atoms with van der Waals surface area (Å²) in [6.07, 6.45) is 4.62. The summed E-state index contributed by atoms with van der Waals surface area (Å²) in [5.41, 5.74) is 6.78. The molecule has 0 saturated heterocycles. The molecule has 16 heavy (non-hydrogen) atoms. The summed E-state index contributed by atoms with van der Waals surface area (Å²) in [7, 11) is 0. The van der Waals surface area contributed by atoms with E-state index in [2.05, 4.69) is 21.2 Å². The third kappa shape index (κ3) is 2.38. The highest BCUT2D eigenvalue weighted by molar-refractivity contribution is 9.10. The number of hydrogen-bond donors (Lipinski definition) is 2. The third-order valence-electron chi connectivity index (χ3n) is 3.28. The maximum absolute atomic E-state index is 13.1. The maximum Gasteiger partial charge on any atom is 0.137 e. The second kappa shape index (κ2) is 4.72. The Labute approximate surface area is 104 Å². The fraction of sp³-hybridized carbons (Fsp3) is 0.500. The molecule has 1 aromatic rings. The van der Waals surface area contributed by atoms with Gasteiger partial charge in [-0.3, -0.25) is 0 Å². The van der Waals surface area contributed by atoms with Crippen LogP contribution in [0.2, 0.25) is 0 Å². The molecule has 1 aliphatic rings. The van der Waals surface area contributed by atoms with E-state index in [1.54, 1.807) is 12.1 Å². The van der Waals surface area contributed by atoms with Crippen LogP contribution in [0.25, 0.3) is 0 Å². The summed E-state index contributed by atoms with van der Waals surface area (Å²) in [5.74, 6) is -0.237. The van der Waals surface area contributed by atoms with E-state index in [0.29, 0.717) is 11.0 Å². The molecule has 88 valence electrons. The SMILES string of the molecule is NCC1(Nc2ccc(F)c(Br)c2)CCCC1. The molecule has 1 saturated carbocycles. The summed E-state index contributed by atoms with van der Waals surface area (Å²) in [5, 5.41) is 3.45. The minimum atomic E-state index is -0.237. The highest BCUT2D eigenvalue weighted by Crippen LogP contribution is 2.33. The first-order valence-corrected chi connectivity index (χ1v) is 6.38. The number of rotatable bonds is 3. The normalized spacial score (nSPS) is 18.7. The molecule has 0 heterocycles. The first-order chi connectivity index (χ1) is 7.65. The predicted molar refractivity (Wildman–Crippen MR) is 68.0 cm³/mol. The largest absolute Gasteiger partial charge is 0.378 e. The first kappa shape index (κ1) is 11.9. The van der Waals surface area contributed by atoms with Crippen molar-refractivity contribution < 1.29 is 4.39 Å². The van der Waals surface area contributed by atoms with Crippen molar-refractivity contribution in [1.82, 2.24) is 0 Å². The minimum absolute atomic E-state index is 0.0112. The van der Waals surface area contributed by atoms with Gasteiger partial charge in [0.1, 0.15) is 5.82 Å². The van der Waals surface area contributed by atoms with Gasteiger partial charge in [0.05, 0.1) is 4.47 Å². The molecule has 4 heteroatoms. The zero-order valence-electron chi connectivity index (χ0n) is 9.10. The molecule has 2 nitrogen and oxygen atoms in total. The molecule has 0 amide bonds. The van der Waals surface area contributed by atoms with Crippen LogP contribution in [0.15, 0.2) is 22.7 Å². The molecule has 0 unspecified atom stereocenters. The van der Waals surface area contributed by atoms with E-state index in [-0.39, 0.29) is 11.4 Å². The van der Waals surface area contributed by atoms with Crippen LogP contribution in [0.3, 0.4) is 0 Å². The van der Waals surface area contributed by atoms with Gasteiger partial charge in [-0.05, 0) is 47.0 Å². The van der Waals surface area contributed by atoms with Crippen LogP contribution in [0.5, 0.6) is 0 Å². The van der Waals surface area contributed by atoms with Crippen LogP contribution >= 0.6 is 15.9 Å². The fourth-order valence-corrected chi connectivity index (χ4v) is 2.69. The Bertz CT molecular complexity index is 375. The van der Waals surface area contributed by atoms with Crippen molar-refractivity contribution in [2.45, 2.75) is 31.2 Å². The maximum atomic E-state index is 13.1. The monoisotopic (exact) mass is 286 g/mol. The van der Waals surface area contributed by atoms with Crippen LogP contribution < -0.4 is 11.1 Å². The molecule has 1 aromatic carbocycles. The van der Waals surface area contributed by atoms with Gasteiger partial charge >= 0.3 is 0 Å². The van der Waals surface area contributed by atoms with Crippen LogP contribution in [0, 0.1) is 5.82 Å². The lowest BCUT2D eigenvalue weighted by molar-refractivity contribution is 0.493. The van der Waals surface area contributed by atoms with E-state index in [0.717, 1.165) is 18.5 Å². The Morgan fingerprint density at radius 1 is 1.38 bits per heavy atom. The van der Waals surface area contributed by atoms with Gasteiger partial charge in [-0.15, -0.1) is 0 Å². The van der Waals surface area contributed by atoms with E-state index in [4.69, 9.17) is 5.73 Å². The number of anilines is 1. The summed E-state index contributed by atoms with van der Waals surface area (Å²) >= 11 is 3.19. The van der Waals surface area contributed by atoms with Crippen molar-refractivity contribution in [3.05, 3.63) is 28.5 Å². The lowest BCUT2D eigenvalue weighted by Gasteiger charge is -2.30. The zero-order valence-corrected chi connectivity index (χ0v) is 10.7. The van der Waals surface area contributed by atoms with Gasteiger partial charge in [-0.25, -0.2) is 4.39 Å². The molecule has 3 N–H and O–H groups in total. The lowest BCUT2D eigenvalue weighted by atomic mass is 9.97. The second-order valence-corrected chi connectivity index (χ2v) is 5.30. The van der Waals surface area contributed by atoms with Gasteiger partial charge in [0.15, 0.2) is 0 Å². The van der Waals surface area contributed by atoms with Crippen LogP contribution in [-0.2, 0) is 0 Å². The van der Waals surface area contributed by atoms with Crippen molar-refractivity contribution in [3.63, 3.8) is 0 Å². The average molecular weight is 287 g/mol. The summed E-state index contributed by atoms with van der Waals surface area (Å²) in [4.78, 5) is 0. The quantitative estimate of drug-likeness (QED) is 0.895. The summed E-state index contributed by atoms with van der Waals surface area (Å²) in [6.45, 7) is 0.627. The third-order valence-corrected chi connectivity index (χ3v) is 3.89. The molecular formula is C12H16BrFN2. The Morgan fingerprint density at radius 2 is 2.06 bits per heavy atom. The second-order valence-electron chi connectivity index (χ2n) is 4.45. The van der Waals surface area contributed by atoms with Gasteiger partial charge in [-0.1, -0.05) is 12.8 Å². The Balaban J connectivity index is 2.16. The van der Waals surface area contributed by atoms with Crippen molar-refractivity contribution in [3.8, 4) is 0 Å². The fourth-order valence-electron chi connectivity index (χ4n) is 2.31. The highest BCUT2D eigenvalue weighted by atomic mass is 79.9. The molecule has 1 fully saturated rings. The number of benzene rings is 1. The molecular weight excluding hydrogens is 271 g/mol. The lowest BCUT2D eigenvalue weighted by Crippen LogP contribution is -2.42. The number of nitrogens with two attached hydrogens (primary N) is 1. The van der Waals surface area contributed by atoms with E-state index >= 15 is 0 Å². The van der Waals surface area contributed by atoms with Crippen LogP contribution in [0.1, 0.15) is 25.7 Å². The Morgan fingerprint density at radius 3 is 2.62 bits per heavy atom. The molecule has 0 aromatic heterocycles. The summed E-state index contributed by atoms with van der Waals surface area (Å²) in [6, 6.07) is 4.99. The smallest absolute Gasteiger partial charge is 0.137 e. The minimum Gasteiger partial charge on any atom is -0.378 e.